The minimum Gasteiger partial charge on any atom is -0.493 e. The molecule has 13 heteroatoms. The molecule has 0 saturated heterocycles. The lowest BCUT2D eigenvalue weighted by Crippen LogP contribution is -2.37. The molecule has 0 aliphatic heterocycles. The number of nitrogens with zero attached hydrogens (tertiary/aromatic N) is 1. The SMILES string of the molecule is COC(=O)CC(NC(=O)[C@H](Nc1ccc2c(N)nccc2c1)c1ccc(OC)c(OC)c1)c1cc(NC(=O)OC)ccc1SC(C)C. The van der Waals surface area contributed by atoms with Crippen LogP contribution in [0.1, 0.15) is 43.5 Å². The van der Waals surface area contributed by atoms with Gasteiger partial charge < -0.3 is 35.3 Å². The number of hydrogen-bond acceptors (Lipinski definition) is 11. The summed E-state index contributed by atoms with van der Waals surface area (Å²) in [5.41, 5.74) is 8.33. The first-order valence-corrected chi connectivity index (χ1v) is 15.6. The van der Waals surface area contributed by atoms with Crippen LogP contribution in [0, 0.1) is 0 Å². The summed E-state index contributed by atoms with van der Waals surface area (Å²) in [7, 11) is 5.60. The third-order valence-corrected chi connectivity index (χ3v) is 8.30. The van der Waals surface area contributed by atoms with Gasteiger partial charge in [0, 0.05) is 33.1 Å². The zero-order chi connectivity index (χ0) is 34.1. The predicted molar refractivity (Wildman–Crippen MR) is 183 cm³/mol. The molecule has 0 spiro atoms. The van der Waals surface area contributed by atoms with E-state index in [1.807, 2.05) is 44.2 Å². The molecule has 0 aliphatic carbocycles. The largest absolute Gasteiger partial charge is 0.493 e. The van der Waals surface area contributed by atoms with Crippen molar-refractivity contribution in [1.82, 2.24) is 10.3 Å². The average molecular weight is 662 g/mol. The quantitative estimate of drug-likeness (QED) is 0.0969. The highest BCUT2D eigenvalue weighted by Crippen LogP contribution is 2.36. The number of esters is 1. The Labute approximate surface area is 277 Å². The van der Waals surface area contributed by atoms with Crippen LogP contribution in [0.5, 0.6) is 11.5 Å². The number of benzene rings is 3. The minimum atomic E-state index is -0.954. The zero-order valence-electron chi connectivity index (χ0n) is 27.1. The average Bonchev–Trinajstić information content (AvgIpc) is 3.06. The fourth-order valence-corrected chi connectivity index (χ4v) is 5.95. The molecule has 1 heterocycles. The van der Waals surface area contributed by atoms with Crippen molar-refractivity contribution in [3.8, 4) is 11.5 Å². The highest BCUT2D eigenvalue weighted by atomic mass is 32.2. The van der Waals surface area contributed by atoms with Crippen LogP contribution in [0.3, 0.4) is 0 Å². The van der Waals surface area contributed by atoms with Gasteiger partial charge >= 0.3 is 12.1 Å². The minimum absolute atomic E-state index is 0.170. The summed E-state index contributed by atoms with van der Waals surface area (Å²) in [5, 5.41) is 10.9. The lowest BCUT2D eigenvalue weighted by Gasteiger charge is -2.27. The maximum Gasteiger partial charge on any atom is 0.411 e. The standard InChI is InChI=1S/C34H39N5O7S/c1-19(2)47-29-12-9-23(38-34(42)46-6)17-25(29)26(18-30(40)45-5)39-33(41)31(21-7-11-27(43-3)28(16-21)44-4)37-22-8-10-24-20(15-22)13-14-36-32(24)35/h7-17,19,26,31,37H,18H2,1-6H3,(H2,35,36)(H,38,42)(H,39,41)/t26?,31-/m1/s1. The van der Waals surface area contributed by atoms with Crippen LogP contribution in [0.25, 0.3) is 10.8 Å². The molecule has 0 radical (unpaired) electrons. The molecule has 2 amide bonds. The molecule has 0 aliphatic rings. The molecular formula is C34H39N5O7S. The van der Waals surface area contributed by atoms with E-state index < -0.39 is 30.1 Å². The molecule has 0 fully saturated rings. The van der Waals surface area contributed by atoms with Gasteiger partial charge in [-0.25, -0.2) is 9.78 Å². The third-order valence-electron chi connectivity index (χ3n) is 7.20. The topological polar surface area (TPSA) is 163 Å². The first kappa shape index (κ1) is 34.7. The summed E-state index contributed by atoms with van der Waals surface area (Å²) in [4.78, 5) is 44.1. The molecule has 1 unspecified atom stereocenters. The van der Waals surface area contributed by atoms with Gasteiger partial charge in [0.25, 0.3) is 0 Å². The van der Waals surface area contributed by atoms with Crippen molar-refractivity contribution in [3.63, 3.8) is 0 Å². The van der Waals surface area contributed by atoms with Gasteiger partial charge in [-0.2, -0.15) is 0 Å². The number of hydrogen-bond donors (Lipinski definition) is 4. The molecule has 4 aromatic rings. The van der Waals surface area contributed by atoms with Crippen molar-refractivity contribution >= 4 is 57.7 Å². The van der Waals surface area contributed by atoms with Crippen LogP contribution in [0.4, 0.5) is 22.0 Å². The summed E-state index contributed by atoms with van der Waals surface area (Å²) >= 11 is 1.56. The number of carbonyl (C=O) groups excluding carboxylic acids is 3. The van der Waals surface area contributed by atoms with Gasteiger partial charge in [0.05, 0.1) is 40.9 Å². The number of ether oxygens (including phenoxy) is 4. The van der Waals surface area contributed by atoms with Crippen LogP contribution in [-0.2, 0) is 19.1 Å². The van der Waals surface area contributed by atoms with Crippen molar-refractivity contribution in [2.24, 2.45) is 0 Å². The van der Waals surface area contributed by atoms with Crippen LogP contribution in [-0.4, -0.2) is 56.6 Å². The van der Waals surface area contributed by atoms with E-state index in [4.69, 9.17) is 24.7 Å². The van der Waals surface area contributed by atoms with Gasteiger partial charge in [-0.05, 0) is 71.1 Å². The molecule has 248 valence electrons. The molecule has 12 nitrogen and oxygen atoms in total. The molecule has 1 aromatic heterocycles. The van der Waals surface area contributed by atoms with Crippen LogP contribution < -0.4 is 31.2 Å². The second-order valence-electron chi connectivity index (χ2n) is 10.7. The Morgan fingerprint density at radius 1 is 0.872 bits per heavy atom. The van der Waals surface area contributed by atoms with E-state index in [1.165, 1.54) is 28.4 Å². The summed E-state index contributed by atoms with van der Waals surface area (Å²) < 4.78 is 20.7. The molecule has 5 N–H and O–H groups in total. The maximum atomic E-state index is 14.4. The third kappa shape index (κ3) is 8.76. The Balaban J connectivity index is 1.79. The van der Waals surface area contributed by atoms with Crippen molar-refractivity contribution in [1.29, 1.82) is 0 Å². The van der Waals surface area contributed by atoms with E-state index in [-0.39, 0.29) is 11.7 Å². The number of nitrogens with two attached hydrogens (primary N) is 1. The van der Waals surface area contributed by atoms with Gasteiger partial charge in [0.15, 0.2) is 11.5 Å². The number of rotatable bonds is 13. The lowest BCUT2D eigenvalue weighted by atomic mass is 10.00. The van der Waals surface area contributed by atoms with E-state index in [9.17, 15) is 14.4 Å². The Bertz CT molecular complexity index is 1750. The molecule has 4 rings (SSSR count). The van der Waals surface area contributed by atoms with E-state index in [1.54, 1.807) is 48.3 Å². The van der Waals surface area contributed by atoms with Crippen molar-refractivity contribution in [3.05, 3.63) is 78.0 Å². The van der Waals surface area contributed by atoms with Crippen molar-refractivity contribution < 1.29 is 33.3 Å². The van der Waals surface area contributed by atoms with Gasteiger partial charge in [0.2, 0.25) is 5.91 Å². The van der Waals surface area contributed by atoms with E-state index >= 15 is 0 Å². The van der Waals surface area contributed by atoms with E-state index in [0.717, 1.165) is 15.7 Å². The Kier molecular flexibility index (Phi) is 11.7. The summed E-state index contributed by atoms with van der Waals surface area (Å²) in [6.45, 7) is 4.07. The van der Waals surface area contributed by atoms with Gasteiger partial charge in [0.1, 0.15) is 11.9 Å². The molecule has 3 aromatic carbocycles. The van der Waals surface area contributed by atoms with Crippen molar-refractivity contribution in [2.45, 2.75) is 42.5 Å². The van der Waals surface area contributed by atoms with Crippen LogP contribution >= 0.6 is 11.8 Å². The number of thioether (sulfide) groups is 1. The van der Waals surface area contributed by atoms with Gasteiger partial charge in [-0.15, -0.1) is 11.8 Å². The van der Waals surface area contributed by atoms with Crippen LogP contribution in [0.2, 0.25) is 0 Å². The number of amides is 2. The van der Waals surface area contributed by atoms with Crippen molar-refractivity contribution in [2.75, 3.05) is 44.8 Å². The highest BCUT2D eigenvalue weighted by Gasteiger charge is 2.29. The summed E-state index contributed by atoms with van der Waals surface area (Å²) in [6.07, 6.45) is 0.795. The fourth-order valence-electron chi connectivity index (χ4n) is 4.96. The highest BCUT2D eigenvalue weighted by molar-refractivity contribution is 8.00. The molecule has 2 atom stereocenters. The molecular weight excluding hydrogens is 622 g/mol. The predicted octanol–water partition coefficient (Wildman–Crippen LogP) is 6.09. The number of aromatic nitrogens is 1. The van der Waals surface area contributed by atoms with Crippen LogP contribution in [0.15, 0.2) is 71.8 Å². The number of nitrogens with one attached hydrogen (secondary N) is 3. The number of nitrogen functional groups attached to an aromatic ring is 1. The number of pyridine rings is 1. The smallest absolute Gasteiger partial charge is 0.411 e. The first-order chi connectivity index (χ1) is 22.6. The maximum absolute atomic E-state index is 14.4. The van der Waals surface area contributed by atoms with E-state index in [0.29, 0.717) is 39.8 Å². The number of methoxy groups -OCH3 is 4. The number of carbonyl (C=O) groups is 3. The second-order valence-corrected chi connectivity index (χ2v) is 12.3. The monoisotopic (exact) mass is 661 g/mol. The number of fused-ring (bicyclic) bond motifs is 1. The summed E-state index contributed by atoms with van der Waals surface area (Å²) in [5.74, 6) is 0.363. The molecule has 0 saturated carbocycles. The Morgan fingerprint density at radius 2 is 1.62 bits per heavy atom. The van der Waals surface area contributed by atoms with E-state index in [2.05, 4.69) is 20.9 Å². The molecule has 47 heavy (non-hydrogen) atoms. The summed E-state index contributed by atoms with van der Waals surface area (Å²) in [6, 6.07) is 16.0. The first-order valence-electron chi connectivity index (χ1n) is 14.7. The lowest BCUT2D eigenvalue weighted by molar-refractivity contribution is -0.141. The Hall–Kier alpha value is -5.17. The second kappa shape index (κ2) is 15.9. The molecule has 0 bridgehead atoms. The van der Waals surface area contributed by atoms with Gasteiger partial charge in [-0.1, -0.05) is 19.9 Å². The zero-order valence-corrected chi connectivity index (χ0v) is 27.9. The van der Waals surface area contributed by atoms with Gasteiger partial charge in [-0.3, -0.25) is 14.9 Å². The fraction of sp³-hybridized carbons (Fsp3) is 0.294. The normalized spacial score (nSPS) is 12.1. The number of anilines is 3. The Morgan fingerprint density at radius 3 is 2.30 bits per heavy atom.